The number of fused-ring (bicyclic) bond motifs is 1. The second-order valence-electron chi connectivity index (χ2n) is 7.43. The van der Waals surface area contributed by atoms with Crippen LogP contribution in [0.4, 0.5) is 21.9 Å². The van der Waals surface area contributed by atoms with Crippen molar-refractivity contribution in [1.82, 2.24) is 0 Å². The lowest BCUT2D eigenvalue weighted by molar-refractivity contribution is -0.134. The van der Waals surface area contributed by atoms with E-state index >= 15 is 0 Å². The number of hydrogen-bond acceptors (Lipinski definition) is 4. The monoisotopic (exact) mass is 415 g/mol. The third-order valence-electron chi connectivity index (χ3n) is 5.00. The van der Waals surface area contributed by atoms with Crippen LogP contribution in [0.15, 0.2) is 78.9 Å². The molecule has 3 aromatic rings. The standard InChI is InChI=1S/C24H21N3O4/c1-24(15-16-7-5-6-10-20(16)21(28)31-24)22(29)25-18-11-13-19(14-12-18)27-23(30)26-17-8-3-2-4-9-17/h2-14H,15H2,1H3,(H,25,29)(H2,26,27,30). The molecule has 0 fully saturated rings. The summed E-state index contributed by atoms with van der Waals surface area (Å²) in [5, 5.41) is 8.24. The number of amides is 3. The molecule has 31 heavy (non-hydrogen) atoms. The van der Waals surface area contributed by atoms with Crippen molar-refractivity contribution in [3.8, 4) is 0 Å². The van der Waals surface area contributed by atoms with Gasteiger partial charge in [-0.3, -0.25) is 4.79 Å². The molecule has 1 aliphatic rings. The average Bonchev–Trinajstić information content (AvgIpc) is 2.75. The number of anilines is 3. The largest absolute Gasteiger partial charge is 0.445 e. The Balaban J connectivity index is 1.38. The molecule has 1 unspecified atom stereocenters. The molecule has 0 bridgehead atoms. The molecule has 1 atom stereocenters. The molecule has 1 heterocycles. The normalized spacial score (nSPS) is 17.1. The second-order valence-corrected chi connectivity index (χ2v) is 7.43. The molecule has 0 saturated carbocycles. The summed E-state index contributed by atoms with van der Waals surface area (Å²) >= 11 is 0. The third kappa shape index (κ3) is 4.56. The first-order valence-corrected chi connectivity index (χ1v) is 9.79. The fourth-order valence-electron chi connectivity index (χ4n) is 3.37. The van der Waals surface area contributed by atoms with Gasteiger partial charge in [0.1, 0.15) is 0 Å². The van der Waals surface area contributed by atoms with Gasteiger partial charge in [0.25, 0.3) is 5.91 Å². The van der Waals surface area contributed by atoms with Gasteiger partial charge in [-0.1, -0.05) is 36.4 Å². The zero-order valence-corrected chi connectivity index (χ0v) is 16.8. The molecular formula is C24H21N3O4. The summed E-state index contributed by atoms with van der Waals surface area (Å²) in [5.74, 6) is -0.929. The maximum Gasteiger partial charge on any atom is 0.339 e. The molecule has 156 valence electrons. The lowest BCUT2D eigenvalue weighted by Crippen LogP contribution is -2.48. The van der Waals surface area contributed by atoms with E-state index in [4.69, 9.17) is 4.74 Å². The fraction of sp³-hybridized carbons (Fsp3) is 0.125. The van der Waals surface area contributed by atoms with Gasteiger partial charge in [-0.15, -0.1) is 0 Å². The van der Waals surface area contributed by atoms with Crippen LogP contribution in [0.25, 0.3) is 0 Å². The van der Waals surface area contributed by atoms with Gasteiger partial charge in [0.2, 0.25) is 0 Å². The highest BCUT2D eigenvalue weighted by atomic mass is 16.6. The highest BCUT2D eigenvalue weighted by Crippen LogP contribution is 2.29. The predicted molar refractivity (Wildman–Crippen MR) is 118 cm³/mol. The number of rotatable bonds is 4. The van der Waals surface area contributed by atoms with Crippen LogP contribution in [0, 0.1) is 0 Å². The number of nitrogens with one attached hydrogen (secondary N) is 3. The Morgan fingerprint density at radius 1 is 0.774 bits per heavy atom. The molecule has 0 radical (unpaired) electrons. The summed E-state index contributed by atoms with van der Waals surface area (Å²) in [7, 11) is 0. The van der Waals surface area contributed by atoms with Gasteiger partial charge < -0.3 is 20.7 Å². The first kappa shape index (κ1) is 20.2. The van der Waals surface area contributed by atoms with Crippen LogP contribution in [0.3, 0.4) is 0 Å². The number of para-hydroxylation sites is 1. The van der Waals surface area contributed by atoms with E-state index in [1.54, 1.807) is 55.5 Å². The molecule has 0 aromatic heterocycles. The Bertz CT molecular complexity index is 1130. The Kier molecular flexibility index (Phi) is 5.41. The van der Waals surface area contributed by atoms with Gasteiger partial charge in [0, 0.05) is 23.5 Å². The van der Waals surface area contributed by atoms with Gasteiger partial charge >= 0.3 is 12.0 Å². The lowest BCUT2D eigenvalue weighted by atomic mass is 9.89. The van der Waals surface area contributed by atoms with Crippen molar-refractivity contribution in [1.29, 1.82) is 0 Å². The van der Waals surface area contributed by atoms with Gasteiger partial charge in [-0.05, 0) is 55.0 Å². The topological polar surface area (TPSA) is 96.5 Å². The molecule has 3 amide bonds. The summed E-state index contributed by atoms with van der Waals surface area (Å²) in [6, 6.07) is 22.5. The van der Waals surface area contributed by atoms with Gasteiger partial charge in [-0.2, -0.15) is 0 Å². The van der Waals surface area contributed by atoms with Crippen LogP contribution in [-0.2, 0) is 16.0 Å². The summed E-state index contributed by atoms with van der Waals surface area (Å²) in [6.07, 6.45) is 0.292. The Labute approximate surface area is 179 Å². The highest BCUT2D eigenvalue weighted by molar-refractivity contribution is 6.03. The van der Waals surface area contributed by atoms with Crippen molar-refractivity contribution in [3.05, 3.63) is 90.0 Å². The molecular weight excluding hydrogens is 394 g/mol. The molecule has 0 spiro atoms. The Hall–Kier alpha value is -4.13. The van der Waals surface area contributed by atoms with Crippen LogP contribution in [-0.4, -0.2) is 23.5 Å². The second kappa shape index (κ2) is 8.31. The van der Waals surface area contributed by atoms with E-state index in [9.17, 15) is 14.4 Å². The van der Waals surface area contributed by atoms with Crippen molar-refractivity contribution in [2.45, 2.75) is 18.9 Å². The van der Waals surface area contributed by atoms with E-state index in [0.29, 0.717) is 29.0 Å². The van der Waals surface area contributed by atoms with Crippen LogP contribution in [0.5, 0.6) is 0 Å². The van der Waals surface area contributed by atoms with Gasteiger partial charge in [0.15, 0.2) is 5.60 Å². The van der Waals surface area contributed by atoms with Crippen LogP contribution in [0.2, 0.25) is 0 Å². The lowest BCUT2D eigenvalue weighted by Gasteiger charge is -2.33. The minimum absolute atomic E-state index is 0.292. The molecule has 7 heteroatoms. The molecule has 3 aromatic carbocycles. The SMILES string of the molecule is CC1(C(=O)Nc2ccc(NC(=O)Nc3ccccc3)cc2)Cc2ccccc2C(=O)O1. The Morgan fingerprint density at radius 3 is 2.00 bits per heavy atom. The maximum absolute atomic E-state index is 12.8. The third-order valence-corrected chi connectivity index (χ3v) is 5.00. The minimum atomic E-state index is -1.31. The predicted octanol–water partition coefficient (Wildman–Crippen LogP) is 4.44. The maximum atomic E-state index is 12.8. The number of esters is 1. The van der Waals surface area contributed by atoms with Crippen LogP contribution < -0.4 is 16.0 Å². The summed E-state index contributed by atoms with van der Waals surface area (Å²) < 4.78 is 5.45. The number of benzene rings is 3. The number of ether oxygens (including phenoxy) is 1. The molecule has 0 aliphatic carbocycles. The Morgan fingerprint density at radius 2 is 1.32 bits per heavy atom. The average molecular weight is 415 g/mol. The number of urea groups is 1. The minimum Gasteiger partial charge on any atom is -0.445 e. The number of cyclic esters (lactones) is 1. The van der Waals surface area contributed by atoms with Crippen molar-refractivity contribution < 1.29 is 19.1 Å². The number of carbonyl (C=O) groups is 3. The van der Waals surface area contributed by atoms with Crippen molar-refractivity contribution >= 4 is 35.0 Å². The first-order chi connectivity index (χ1) is 14.9. The molecule has 7 nitrogen and oxygen atoms in total. The molecule has 3 N–H and O–H groups in total. The summed E-state index contributed by atoms with van der Waals surface area (Å²) in [4.78, 5) is 37.2. The van der Waals surface area contributed by atoms with E-state index in [2.05, 4.69) is 16.0 Å². The van der Waals surface area contributed by atoms with E-state index in [0.717, 1.165) is 5.56 Å². The van der Waals surface area contributed by atoms with E-state index < -0.39 is 17.5 Å². The fourth-order valence-corrected chi connectivity index (χ4v) is 3.37. The molecule has 0 saturated heterocycles. The smallest absolute Gasteiger partial charge is 0.339 e. The highest BCUT2D eigenvalue weighted by Gasteiger charge is 2.42. The molecule has 4 rings (SSSR count). The quantitative estimate of drug-likeness (QED) is 0.549. The van der Waals surface area contributed by atoms with E-state index in [-0.39, 0.29) is 6.03 Å². The van der Waals surface area contributed by atoms with Gasteiger partial charge in [-0.25, -0.2) is 9.59 Å². The first-order valence-electron chi connectivity index (χ1n) is 9.79. The summed E-state index contributed by atoms with van der Waals surface area (Å²) in [5.41, 5.74) is 1.72. The zero-order chi connectivity index (χ0) is 21.8. The van der Waals surface area contributed by atoms with Gasteiger partial charge in [0.05, 0.1) is 5.56 Å². The number of hydrogen-bond donors (Lipinski definition) is 3. The zero-order valence-electron chi connectivity index (χ0n) is 16.8. The number of carbonyl (C=O) groups excluding carboxylic acids is 3. The van der Waals surface area contributed by atoms with Crippen molar-refractivity contribution in [3.63, 3.8) is 0 Å². The van der Waals surface area contributed by atoms with E-state index in [1.165, 1.54) is 0 Å². The van der Waals surface area contributed by atoms with Crippen LogP contribution >= 0.6 is 0 Å². The van der Waals surface area contributed by atoms with Crippen molar-refractivity contribution in [2.24, 2.45) is 0 Å². The van der Waals surface area contributed by atoms with E-state index in [1.807, 2.05) is 30.3 Å². The van der Waals surface area contributed by atoms with Crippen molar-refractivity contribution in [2.75, 3.05) is 16.0 Å². The van der Waals surface area contributed by atoms with Crippen LogP contribution in [0.1, 0.15) is 22.8 Å². The molecule has 1 aliphatic heterocycles. The summed E-state index contributed by atoms with van der Waals surface area (Å²) in [6.45, 7) is 1.60.